The van der Waals surface area contributed by atoms with Crippen LogP contribution in [0.15, 0.2) is 18.2 Å². The average Bonchev–Trinajstić information content (AvgIpc) is 2.80. The van der Waals surface area contributed by atoms with E-state index in [4.69, 9.17) is 5.73 Å². The Bertz CT molecular complexity index is 487. The molecular formula is C15H23N3. The van der Waals surface area contributed by atoms with Gasteiger partial charge < -0.3 is 10.7 Å². The number of aryl methyl sites for hydroxylation is 2. The van der Waals surface area contributed by atoms with Gasteiger partial charge in [-0.25, -0.2) is 4.98 Å². The molecule has 0 fully saturated rings. The largest absolute Gasteiger partial charge is 0.342 e. The lowest BCUT2D eigenvalue weighted by Gasteiger charge is -1.97. The molecule has 0 aliphatic carbocycles. The van der Waals surface area contributed by atoms with Gasteiger partial charge in [-0.15, -0.1) is 0 Å². The summed E-state index contributed by atoms with van der Waals surface area (Å²) in [7, 11) is 0. The molecule has 98 valence electrons. The van der Waals surface area contributed by atoms with Crippen molar-refractivity contribution in [2.24, 2.45) is 5.73 Å². The molecule has 18 heavy (non-hydrogen) atoms. The Hall–Kier alpha value is -1.35. The van der Waals surface area contributed by atoms with Gasteiger partial charge in [0.15, 0.2) is 0 Å². The summed E-state index contributed by atoms with van der Waals surface area (Å²) >= 11 is 0. The highest BCUT2D eigenvalue weighted by molar-refractivity contribution is 5.75. The monoisotopic (exact) mass is 245 g/mol. The summed E-state index contributed by atoms with van der Waals surface area (Å²) in [6.45, 7) is 2.99. The van der Waals surface area contributed by atoms with Crippen molar-refractivity contribution in [2.45, 2.75) is 45.4 Å². The zero-order valence-electron chi connectivity index (χ0n) is 11.2. The van der Waals surface area contributed by atoms with Crippen molar-refractivity contribution in [3.05, 3.63) is 29.6 Å². The summed E-state index contributed by atoms with van der Waals surface area (Å²) < 4.78 is 0. The zero-order chi connectivity index (χ0) is 12.8. The molecule has 2 aromatic rings. The predicted octanol–water partition coefficient (Wildman–Crippen LogP) is 3.19. The van der Waals surface area contributed by atoms with Gasteiger partial charge in [-0.05, 0) is 43.5 Å². The van der Waals surface area contributed by atoms with E-state index >= 15 is 0 Å². The normalized spacial score (nSPS) is 11.2. The second-order valence-corrected chi connectivity index (χ2v) is 4.84. The maximum absolute atomic E-state index is 5.48. The van der Waals surface area contributed by atoms with Gasteiger partial charge in [0.1, 0.15) is 5.82 Å². The number of nitrogens with two attached hydrogens (primary N) is 1. The third kappa shape index (κ3) is 3.33. The Morgan fingerprint density at radius 3 is 2.78 bits per heavy atom. The fourth-order valence-corrected chi connectivity index (χ4v) is 2.24. The van der Waals surface area contributed by atoms with Crippen LogP contribution in [0.1, 0.15) is 44.0 Å². The molecule has 0 spiro atoms. The Morgan fingerprint density at radius 2 is 2.00 bits per heavy atom. The number of nitrogens with one attached hydrogen (secondary N) is 1. The molecule has 1 heterocycles. The van der Waals surface area contributed by atoms with Crippen LogP contribution < -0.4 is 5.73 Å². The van der Waals surface area contributed by atoms with Crippen LogP contribution in [0.5, 0.6) is 0 Å². The topological polar surface area (TPSA) is 54.7 Å². The number of H-pyrrole nitrogens is 1. The SMILES string of the molecule is CCc1ccc2nc(CCCCCCN)[nH]c2c1. The van der Waals surface area contributed by atoms with Gasteiger partial charge in [-0.2, -0.15) is 0 Å². The van der Waals surface area contributed by atoms with Crippen molar-refractivity contribution >= 4 is 11.0 Å². The summed E-state index contributed by atoms with van der Waals surface area (Å²) in [4.78, 5) is 8.05. The summed E-state index contributed by atoms with van der Waals surface area (Å²) in [5.74, 6) is 1.12. The number of imidazole rings is 1. The Labute approximate surface area is 109 Å². The molecule has 3 heteroatoms. The van der Waals surface area contributed by atoms with Crippen LogP contribution >= 0.6 is 0 Å². The minimum absolute atomic E-state index is 0.810. The van der Waals surface area contributed by atoms with Crippen LogP contribution in [0.3, 0.4) is 0 Å². The number of aromatic nitrogens is 2. The summed E-state index contributed by atoms with van der Waals surface area (Å²) in [6, 6.07) is 6.48. The third-order valence-corrected chi connectivity index (χ3v) is 3.37. The number of unbranched alkanes of at least 4 members (excludes halogenated alkanes) is 3. The number of hydrogen-bond donors (Lipinski definition) is 2. The van der Waals surface area contributed by atoms with Crippen molar-refractivity contribution in [3.63, 3.8) is 0 Å². The molecule has 0 atom stereocenters. The standard InChI is InChI=1S/C15H23N3/c1-2-12-8-9-13-14(11-12)18-15(17-13)7-5-3-4-6-10-16/h8-9,11H,2-7,10,16H2,1H3,(H,17,18). The quantitative estimate of drug-likeness (QED) is 0.736. The first kappa shape index (κ1) is 13.1. The molecule has 0 amide bonds. The highest BCUT2D eigenvalue weighted by Gasteiger charge is 2.03. The molecule has 2 rings (SSSR count). The Kier molecular flexibility index (Phi) is 4.76. The highest BCUT2D eigenvalue weighted by atomic mass is 14.9. The minimum Gasteiger partial charge on any atom is -0.342 e. The summed E-state index contributed by atoms with van der Waals surface area (Å²) in [6.07, 6.45) is 6.93. The molecular weight excluding hydrogens is 222 g/mol. The third-order valence-electron chi connectivity index (χ3n) is 3.37. The molecule has 0 saturated heterocycles. The predicted molar refractivity (Wildman–Crippen MR) is 76.7 cm³/mol. The molecule has 0 aliphatic heterocycles. The maximum atomic E-state index is 5.48. The summed E-state index contributed by atoms with van der Waals surface area (Å²) in [5.41, 5.74) is 9.10. The molecule has 0 aliphatic rings. The first-order chi connectivity index (χ1) is 8.83. The van der Waals surface area contributed by atoms with Crippen molar-refractivity contribution in [1.82, 2.24) is 9.97 Å². The lowest BCUT2D eigenvalue weighted by molar-refractivity contribution is 0.638. The van der Waals surface area contributed by atoms with E-state index in [9.17, 15) is 0 Å². The second-order valence-electron chi connectivity index (χ2n) is 4.84. The van der Waals surface area contributed by atoms with Crippen LogP contribution in [0.4, 0.5) is 0 Å². The van der Waals surface area contributed by atoms with E-state index in [0.717, 1.165) is 37.1 Å². The number of fused-ring (bicyclic) bond motifs is 1. The average molecular weight is 245 g/mol. The smallest absolute Gasteiger partial charge is 0.107 e. The van der Waals surface area contributed by atoms with Crippen LogP contribution in [-0.2, 0) is 12.8 Å². The molecule has 3 N–H and O–H groups in total. The van der Waals surface area contributed by atoms with Crippen LogP contribution in [0.25, 0.3) is 11.0 Å². The van der Waals surface area contributed by atoms with Crippen molar-refractivity contribution in [3.8, 4) is 0 Å². The van der Waals surface area contributed by atoms with Crippen LogP contribution in [0.2, 0.25) is 0 Å². The van der Waals surface area contributed by atoms with E-state index in [1.807, 2.05) is 0 Å². The van der Waals surface area contributed by atoms with E-state index in [-0.39, 0.29) is 0 Å². The zero-order valence-corrected chi connectivity index (χ0v) is 11.2. The molecule has 0 radical (unpaired) electrons. The van der Waals surface area contributed by atoms with Gasteiger partial charge in [0, 0.05) is 6.42 Å². The van der Waals surface area contributed by atoms with Gasteiger partial charge in [0.2, 0.25) is 0 Å². The van der Waals surface area contributed by atoms with E-state index in [1.165, 1.54) is 30.3 Å². The van der Waals surface area contributed by atoms with Gasteiger partial charge in [0.25, 0.3) is 0 Å². The van der Waals surface area contributed by atoms with Crippen molar-refractivity contribution in [1.29, 1.82) is 0 Å². The van der Waals surface area contributed by atoms with E-state index in [2.05, 4.69) is 35.1 Å². The minimum atomic E-state index is 0.810. The number of hydrogen-bond acceptors (Lipinski definition) is 2. The van der Waals surface area contributed by atoms with E-state index in [1.54, 1.807) is 0 Å². The molecule has 0 saturated carbocycles. The first-order valence-corrected chi connectivity index (χ1v) is 7.01. The maximum Gasteiger partial charge on any atom is 0.107 e. The first-order valence-electron chi connectivity index (χ1n) is 7.01. The van der Waals surface area contributed by atoms with Crippen molar-refractivity contribution in [2.75, 3.05) is 6.54 Å². The fourth-order valence-electron chi connectivity index (χ4n) is 2.24. The second kappa shape index (κ2) is 6.55. The molecule has 0 bridgehead atoms. The number of benzene rings is 1. The Morgan fingerprint density at radius 1 is 1.17 bits per heavy atom. The van der Waals surface area contributed by atoms with E-state index in [0.29, 0.717) is 0 Å². The van der Waals surface area contributed by atoms with Gasteiger partial charge >= 0.3 is 0 Å². The molecule has 0 unspecified atom stereocenters. The lowest BCUT2D eigenvalue weighted by atomic mass is 10.1. The number of rotatable bonds is 7. The highest BCUT2D eigenvalue weighted by Crippen LogP contribution is 2.15. The molecule has 3 nitrogen and oxygen atoms in total. The van der Waals surface area contributed by atoms with Gasteiger partial charge in [-0.1, -0.05) is 25.8 Å². The molecule has 1 aromatic carbocycles. The van der Waals surface area contributed by atoms with Gasteiger partial charge in [0.05, 0.1) is 11.0 Å². The lowest BCUT2D eigenvalue weighted by Crippen LogP contribution is -1.98. The number of nitrogens with zero attached hydrogens (tertiary/aromatic N) is 1. The summed E-state index contributed by atoms with van der Waals surface area (Å²) in [5, 5.41) is 0. The Balaban J connectivity index is 1.93. The van der Waals surface area contributed by atoms with Gasteiger partial charge in [-0.3, -0.25) is 0 Å². The van der Waals surface area contributed by atoms with Crippen LogP contribution in [-0.4, -0.2) is 16.5 Å². The van der Waals surface area contributed by atoms with Crippen LogP contribution in [0, 0.1) is 0 Å². The van der Waals surface area contributed by atoms with E-state index < -0.39 is 0 Å². The fraction of sp³-hybridized carbons (Fsp3) is 0.533. The molecule has 1 aromatic heterocycles. The van der Waals surface area contributed by atoms with Crippen molar-refractivity contribution < 1.29 is 0 Å². The number of aromatic amines is 1.